The molecule has 1 aromatic carbocycles. The number of nitrogens with one attached hydrogen (secondary N) is 2. The minimum atomic E-state index is -0.498. The molecule has 6 nitrogen and oxygen atoms in total. The summed E-state index contributed by atoms with van der Waals surface area (Å²) in [5.41, 5.74) is 2.97. The predicted octanol–water partition coefficient (Wildman–Crippen LogP) is 2.02. The van der Waals surface area contributed by atoms with Crippen LogP contribution in [0.25, 0.3) is 0 Å². The van der Waals surface area contributed by atoms with Gasteiger partial charge in [-0.3, -0.25) is 5.21 Å². The number of nitrogens with zero attached hydrogens (tertiary/aromatic N) is 1. The average molecular weight is 265 g/mol. The van der Waals surface area contributed by atoms with E-state index in [9.17, 15) is 4.79 Å². The number of hydrazone groups is 1. The molecule has 104 valence electrons. The Hall–Kier alpha value is -2.08. The highest BCUT2D eigenvalue weighted by molar-refractivity contribution is 5.79. The monoisotopic (exact) mass is 265 g/mol. The molecule has 0 aliphatic carbocycles. The van der Waals surface area contributed by atoms with Crippen LogP contribution < -0.4 is 10.9 Å². The van der Waals surface area contributed by atoms with Gasteiger partial charge in [0.1, 0.15) is 5.60 Å². The van der Waals surface area contributed by atoms with Gasteiger partial charge in [-0.05, 0) is 31.9 Å². The lowest BCUT2D eigenvalue weighted by atomic mass is 10.1. The molecule has 1 rings (SSSR count). The topological polar surface area (TPSA) is 83.0 Å². The zero-order valence-corrected chi connectivity index (χ0v) is 11.3. The molecule has 19 heavy (non-hydrogen) atoms. The number of carbonyl (C=O) groups is 1. The van der Waals surface area contributed by atoms with E-state index in [1.165, 1.54) is 6.21 Å². The van der Waals surface area contributed by atoms with Gasteiger partial charge in [-0.2, -0.15) is 10.7 Å². The van der Waals surface area contributed by atoms with Crippen LogP contribution in [0.4, 0.5) is 4.79 Å². The second-order valence-corrected chi connectivity index (χ2v) is 4.96. The number of ether oxygens (including phenoxy) is 1. The van der Waals surface area contributed by atoms with Crippen LogP contribution in [-0.4, -0.2) is 23.1 Å². The summed E-state index contributed by atoms with van der Waals surface area (Å²) in [5, 5.41) is 14.5. The normalized spacial score (nSPS) is 11.4. The maximum atomic E-state index is 11.4. The van der Waals surface area contributed by atoms with E-state index in [1.54, 1.807) is 5.59 Å². The van der Waals surface area contributed by atoms with Crippen LogP contribution in [0, 0.1) is 0 Å². The molecule has 0 unspecified atom stereocenters. The zero-order chi connectivity index (χ0) is 14.3. The van der Waals surface area contributed by atoms with Crippen molar-refractivity contribution in [1.29, 1.82) is 0 Å². The summed E-state index contributed by atoms with van der Waals surface area (Å²) in [5.74, 6) is 0. The van der Waals surface area contributed by atoms with Crippen molar-refractivity contribution in [2.75, 3.05) is 0 Å². The highest BCUT2D eigenvalue weighted by Gasteiger charge is 2.15. The summed E-state index contributed by atoms with van der Waals surface area (Å²) in [6.45, 7) is 5.84. The molecule has 0 saturated heterocycles. The molecule has 3 N–H and O–H groups in total. The number of alkyl carbamates (subject to hydrolysis) is 1. The smallest absolute Gasteiger partial charge is 0.407 e. The molecule has 0 bridgehead atoms. The van der Waals surface area contributed by atoms with Gasteiger partial charge in [-0.1, -0.05) is 24.3 Å². The molecular weight excluding hydrogens is 246 g/mol. The quantitative estimate of drug-likeness (QED) is 0.574. The first-order chi connectivity index (χ1) is 8.90. The summed E-state index contributed by atoms with van der Waals surface area (Å²) in [6.07, 6.45) is 1.04. The lowest BCUT2D eigenvalue weighted by molar-refractivity contribution is 0.0523. The van der Waals surface area contributed by atoms with Gasteiger partial charge in [0, 0.05) is 6.54 Å². The van der Waals surface area contributed by atoms with Crippen LogP contribution >= 0.6 is 0 Å². The number of amides is 1. The lowest BCUT2D eigenvalue weighted by Crippen LogP contribution is -2.32. The first-order valence-corrected chi connectivity index (χ1v) is 5.88. The average Bonchev–Trinajstić information content (AvgIpc) is 2.33. The third kappa shape index (κ3) is 6.42. The van der Waals surface area contributed by atoms with Crippen molar-refractivity contribution in [1.82, 2.24) is 10.9 Å². The zero-order valence-electron chi connectivity index (χ0n) is 11.3. The minimum Gasteiger partial charge on any atom is -0.444 e. The van der Waals surface area contributed by atoms with E-state index in [-0.39, 0.29) is 0 Å². The Labute approximate surface area is 112 Å². The van der Waals surface area contributed by atoms with Gasteiger partial charge in [0.2, 0.25) is 0 Å². The maximum absolute atomic E-state index is 11.4. The number of rotatable bonds is 4. The fourth-order valence-corrected chi connectivity index (χ4v) is 1.31. The third-order valence-corrected chi connectivity index (χ3v) is 2.09. The minimum absolute atomic E-state index is 0.393. The molecule has 1 aromatic rings. The summed E-state index contributed by atoms with van der Waals surface area (Å²) >= 11 is 0. The van der Waals surface area contributed by atoms with Crippen molar-refractivity contribution in [3.05, 3.63) is 35.4 Å². The second kappa shape index (κ2) is 6.75. The number of hydrogen-bond donors (Lipinski definition) is 3. The van der Waals surface area contributed by atoms with Gasteiger partial charge < -0.3 is 10.1 Å². The van der Waals surface area contributed by atoms with Crippen molar-refractivity contribution in [2.45, 2.75) is 32.9 Å². The van der Waals surface area contributed by atoms with E-state index >= 15 is 0 Å². The van der Waals surface area contributed by atoms with Crippen molar-refractivity contribution < 1.29 is 14.7 Å². The number of carbonyl (C=O) groups excluding carboxylic acids is 1. The molecule has 0 aromatic heterocycles. The van der Waals surface area contributed by atoms with Crippen molar-refractivity contribution in [3.63, 3.8) is 0 Å². The van der Waals surface area contributed by atoms with E-state index in [0.717, 1.165) is 11.1 Å². The highest BCUT2D eigenvalue weighted by Crippen LogP contribution is 2.07. The Kier molecular flexibility index (Phi) is 5.32. The van der Waals surface area contributed by atoms with Crippen molar-refractivity contribution in [2.24, 2.45) is 5.10 Å². The molecule has 0 fully saturated rings. The molecular formula is C13H19N3O3. The van der Waals surface area contributed by atoms with E-state index < -0.39 is 11.7 Å². The molecule has 0 heterocycles. The van der Waals surface area contributed by atoms with Crippen molar-refractivity contribution in [3.8, 4) is 0 Å². The fraction of sp³-hybridized carbons (Fsp3) is 0.385. The van der Waals surface area contributed by atoms with Crippen LogP contribution in [0.15, 0.2) is 29.4 Å². The standard InChI is InChI=1S/C13H19N3O3/c1-13(2,3)19-12(17)14-8-10-4-6-11(7-5-10)9-15-16-18/h4-7,9,16,18H,8H2,1-3H3,(H,14,17). The van der Waals surface area contributed by atoms with Crippen LogP contribution in [0.5, 0.6) is 0 Å². The Balaban J connectivity index is 2.46. The van der Waals surface area contributed by atoms with Crippen LogP contribution in [-0.2, 0) is 11.3 Å². The van der Waals surface area contributed by atoms with E-state index in [4.69, 9.17) is 9.94 Å². The summed E-state index contributed by atoms with van der Waals surface area (Å²) in [7, 11) is 0. The highest BCUT2D eigenvalue weighted by atomic mass is 16.6. The van der Waals surface area contributed by atoms with Gasteiger partial charge in [-0.15, -0.1) is 0 Å². The van der Waals surface area contributed by atoms with Crippen LogP contribution in [0.3, 0.4) is 0 Å². The predicted molar refractivity (Wildman–Crippen MR) is 72.0 cm³/mol. The Morgan fingerprint density at radius 3 is 2.53 bits per heavy atom. The van der Waals surface area contributed by atoms with Gasteiger partial charge in [0.25, 0.3) is 0 Å². The first-order valence-electron chi connectivity index (χ1n) is 5.88. The molecule has 0 atom stereocenters. The number of hydrogen-bond acceptors (Lipinski definition) is 5. The SMILES string of the molecule is CC(C)(C)OC(=O)NCc1ccc(C=NNO)cc1. The van der Waals surface area contributed by atoms with Crippen molar-refractivity contribution >= 4 is 12.3 Å². The summed E-state index contributed by atoms with van der Waals surface area (Å²) in [4.78, 5) is 11.4. The molecule has 0 aliphatic rings. The first kappa shape index (κ1) is 15.0. The molecule has 0 saturated carbocycles. The van der Waals surface area contributed by atoms with Gasteiger partial charge in [0.15, 0.2) is 0 Å². The van der Waals surface area contributed by atoms with E-state index in [0.29, 0.717) is 6.54 Å². The third-order valence-electron chi connectivity index (χ3n) is 2.09. The maximum Gasteiger partial charge on any atom is 0.407 e. The summed E-state index contributed by atoms with van der Waals surface area (Å²) in [6, 6.07) is 7.37. The molecule has 0 radical (unpaired) electrons. The Morgan fingerprint density at radius 2 is 2.00 bits per heavy atom. The largest absolute Gasteiger partial charge is 0.444 e. The number of benzene rings is 1. The fourth-order valence-electron chi connectivity index (χ4n) is 1.31. The van der Waals surface area contributed by atoms with Gasteiger partial charge in [0.05, 0.1) is 6.21 Å². The van der Waals surface area contributed by atoms with Gasteiger partial charge in [-0.25, -0.2) is 4.79 Å². The molecule has 0 aliphatic heterocycles. The summed E-state index contributed by atoms with van der Waals surface area (Å²) < 4.78 is 5.13. The second-order valence-electron chi connectivity index (χ2n) is 4.96. The molecule has 6 heteroatoms. The van der Waals surface area contributed by atoms with Gasteiger partial charge >= 0.3 is 6.09 Å². The molecule has 1 amide bonds. The molecule has 0 spiro atoms. The van der Waals surface area contributed by atoms with E-state index in [2.05, 4.69) is 10.4 Å². The lowest BCUT2D eigenvalue weighted by Gasteiger charge is -2.19. The van der Waals surface area contributed by atoms with Crippen LogP contribution in [0.2, 0.25) is 0 Å². The Bertz CT molecular complexity index is 435. The van der Waals surface area contributed by atoms with Crippen LogP contribution in [0.1, 0.15) is 31.9 Å². The Morgan fingerprint density at radius 1 is 1.37 bits per heavy atom. The van der Waals surface area contributed by atoms with E-state index in [1.807, 2.05) is 45.0 Å².